The fraction of sp³-hybridized carbons (Fsp3) is 1.00. The molecule has 0 spiro atoms. The Hall–Kier alpha value is -0.210. The van der Waals surface area contributed by atoms with E-state index in [1.165, 1.54) is 7.05 Å². The highest BCUT2D eigenvalue weighted by Gasteiger charge is 2.35. The molecule has 0 aromatic carbocycles. The van der Waals surface area contributed by atoms with E-state index in [1.54, 1.807) is 0 Å². The number of aliphatic hydroxyl groups is 2. The number of hydrogen-bond acceptors (Lipinski definition) is 4. The Bertz CT molecular complexity index is 242. The van der Waals surface area contributed by atoms with Crippen LogP contribution in [0.1, 0.15) is 0 Å². The molecule has 0 saturated carbocycles. The van der Waals surface area contributed by atoms with Gasteiger partial charge < -0.3 is 10.2 Å². The summed E-state index contributed by atoms with van der Waals surface area (Å²) in [4.78, 5) is 0. The van der Waals surface area contributed by atoms with Gasteiger partial charge in [-0.25, -0.2) is 4.72 Å². The van der Waals surface area contributed by atoms with Crippen LogP contribution in [0.4, 0.5) is 0 Å². The summed E-state index contributed by atoms with van der Waals surface area (Å²) in [6.45, 7) is -0.102. The van der Waals surface area contributed by atoms with E-state index in [4.69, 9.17) is 10.2 Å². The predicted octanol–water partition coefficient (Wildman–Crippen LogP) is -2.51. The molecule has 7 heteroatoms. The van der Waals surface area contributed by atoms with Crippen molar-refractivity contribution in [3.63, 3.8) is 0 Å². The summed E-state index contributed by atoms with van der Waals surface area (Å²) in [6, 6.07) is 0. The topological polar surface area (TPSA) is 89.9 Å². The van der Waals surface area contributed by atoms with E-state index in [2.05, 4.69) is 4.72 Å². The molecule has 0 amide bonds. The van der Waals surface area contributed by atoms with Crippen LogP contribution in [-0.2, 0) is 10.2 Å². The lowest BCUT2D eigenvalue weighted by molar-refractivity contribution is 0.0572. The molecule has 12 heavy (non-hydrogen) atoms. The van der Waals surface area contributed by atoms with Crippen LogP contribution in [0.5, 0.6) is 0 Å². The van der Waals surface area contributed by atoms with Gasteiger partial charge in [0.1, 0.15) is 0 Å². The number of aliphatic hydroxyl groups excluding tert-OH is 2. The first-order valence-corrected chi connectivity index (χ1v) is 4.96. The highest BCUT2D eigenvalue weighted by Crippen LogP contribution is 2.12. The van der Waals surface area contributed by atoms with Crippen LogP contribution in [-0.4, -0.2) is 55.3 Å². The minimum absolute atomic E-state index is 0.0512. The van der Waals surface area contributed by atoms with Crippen molar-refractivity contribution in [3.05, 3.63) is 0 Å². The zero-order valence-electron chi connectivity index (χ0n) is 6.64. The first kappa shape index (κ1) is 9.87. The van der Waals surface area contributed by atoms with Crippen molar-refractivity contribution < 1.29 is 18.6 Å². The van der Waals surface area contributed by atoms with Crippen LogP contribution in [0.2, 0.25) is 0 Å². The molecule has 1 rings (SSSR count). The van der Waals surface area contributed by atoms with Gasteiger partial charge >= 0.3 is 0 Å². The molecule has 2 unspecified atom stereocenters. The molecule has 0 aromatic heterocycles. The minimum Gasteiger partial charge on any atom is -0.389 e. The van der Waals surface area contributed by atoms with Crippen molar-refractivity contribution in [2.75, 3.05) is 20.1 Å². The van der Waals surface area contributed by atoms with Gasteiger partial charge in [0, 0.05) is 20.1 Å². The van der Waals surface area contributed by atoms with E-state index in [9.17, 15) is 8.42 Å². The summed E-state index contributed by atoms with van der Waals surface area (Å²) in [6.07, 6.45) is -1.96. The van der Waals surface area contributed by atoms with Gasteiger partial charge in [-0.15, -0.1) is 0 Å². The maximum Gasteiger partial charge on any atom is 0.279 e. The standard InChI is InChI=1S/C5H12N2O4S/c1-6-12(10,11)7-2-4(8)5(9)3-7/h4-6,8-9H,2-3H2,1H3. The van der Waals surface area contributed by atoms with Gasteiger partial charge in [-0.1, -0.05) is 0 Å². The Labute approximate surface area is 71.0 Å². The Morgan fingerprint density at radius 3 is 2.08 bits per heavy atom. The van der Waals surface area contributed by atoms with Gasteiger partial charge in [-0.3, -0.25) is 0 Å². The van der Waals surface area contributed by atoms with Crippen molar-refractivity contribution in [3.8, 4) is 0 Å². The first-order chi connectivity index (χ1) is 5.47. The predicted molar refractivity (Wildman–Crippen MR) is 41.6 cm³/mol. The molecule has 72 valence electrons. The maximum absolute atomic E-state index is 11.1. The Morgan fingerprint density at radius 2 is 1.75 bits per heavy atom. The Morgan fingerprint density at radius 1 is 1.33 bits per heavy atom. The first-order valence-electron chi connectivity index (χ1n) is 3.52. The molecular weight excluding hydrogens is 184 g/mol. The molecule has 0 aromatic rings. The normalized spacial score (nSPS) is 32.6. The highest BCUT2D eigenvalue weighted by atomic mass is 32.2. The molecule has 0 radical (unpaired) electrons. The number of β-amino-alcohol motifs (C(OH)–C–C–N with tert-alkyl or cyclic N) is 2. The lowest BCUT2D eigenvalue weighted by Gasteiger charge is -2.13. The average molecular weight is 196 g/mol. The zero-order chi connectivity index (χ0) is 9.35. The number of nitrogens with zero attached hydrogens (tertiary/aromatic N) is 1. The number of hydrogen-bond donors (Lipinski definition) is 3. The largest absolute Gasteiger partial charge is 0.389 e. The monoisotopic (exact) mass is 196 g/mol. The number of nitrogens with one attached hydrogen (secondary N) is 1. The SMILES string of the molecule is CNS(=O)(=O)N1CC(O)C(O)C1. The zero-order valence-corrected chi connectivity index (χ0v) is 7.45. The van der Waals surface area contributed by atoms with E-state index in [0.717, 1.165) is 4.31 Å². The molecule has 0 aliphatic carbocycles. The summed E-state index contributed by atoms with van der Waals surface area (Å²) in [5.74, 6) is 0. The average Bonchev–Trinajstić information content (AvgIpc) is 2.33. The maximum atomic E-state index is 11.1. The summed E-state index contributed by atoms with van der Waals surface area (Å²) >= 11 is 0. The fourth-order valence-corrected chi connectivity index (χ4v) is 2.02. The smallest absolute Gasteiger partial charge is 0.279 e. The van der Waals surface area contributed by atoms with Gasteiger partial charge in [-0.05, 0) is 0 Å². The Kier molecular flexibility index (Phi) is 2.69. The van der Waals surface area contributed by atoms with E-state index < -0.39 is 22.4 Å². The van der Waals surface area contributed by atoms with E-state index in [0.29, 0.717) is 0 Å². The third-order valence-electron chi connectivity index (χ3n) is 1.82. The van der Waals surface area contributed by atoms with E-state index in [1.807, 2.05) is 0 Å². The Balaban J connectivity index is 2.70. The molecule has 6 nitrogen and oxygen atoms in total. The summed E-state index contributed by atoms with van der Waals surface area (Å²) in [5, 5.41) is 18.1. The van der Waals surface area contributed by atoms with Crippen LogP contribution in [0.25, 0.3) is 0 Å². The van der Waals surface area contributed by atoms with E-state index in [-0.39, 0.29) is 13.1 Å². The van der Waals surface area contributed by atoms with Crippen molar-refractivity contribution in [1.29, 1.82) is 0 Å². The van der Waals surface area contributed by atoms with Gasteiger partial charge in [0.25, 0.3) is 10.2 Å². The van der Waals surface area contributed by atoms with Gasteiger partial charge in [-0.2, -0.15) is 12.7 Å². The quantitative estimate of drug-likeness (QED) is 0.455. The lowest BCUT2D eigenvalue weighted by Crippen LogP contribution is -2.38. The molecule has 1 aliphatic heterocycles. The van der Waals surface area contributed by atoms with Crippen LogP contribution < -0.4 is 4.72 Å². The second kappa shape index (κ2) is 3.27. The van der Waals surface area contributed by atoms with Crippen LogP contribution in [0, 0.1) is 0 Å². The van der Waals surface area contributed by atoms with E-state index >= 15 is 0 Å². The minimum atomic E-state index is -3.50. The van der Waals surface area contributed by atoms with Crippen LogP contribution >= 0.6 is 0 Å². The summed E-state index contributed by atoms with van der Waals surface area (Å²) < 4.78 is 25.3. The second-order valence-electron chi connectivity index (χ2n) is 2.66. The van der Waals surface area contributed by atoms with Crippen molar-refractivity contribution in [1.82, 2.24) is 9.03 Å². The lowest BCUT2D eigenvalue weighted by atomic mass is 10.3. The molecule has 3 N–H and O–H groups in total. The molecule has 1 aliphatic rings. The van der Waals surface area contributed by atoms with Gasteiger partial charge in [0.15, 0.2) is 0 Å². The molecule has 0 bridgehead atoms. The fourth-order valence-electron chi connectivity index (χ4n) is 1.06. The highest BCUT2D eigenvalue weighted by molar-refractivity contribution is 7.87. The molecule has 2 atom stereocenters. The summed E-state index contributed by atoms with van der Waals surface area (Å²) in [7, 11) is -2.22. The van der Waals surface area contributed by atoms with Gasteiger partial charge in [0.05, 0.1) is 12.2 Å². The third-order valence-corrected chi connectivity index (χ3v) is 3.32. The third kappa shape index (κ3) is 1.75. The van der Waals surface area contributed by atoms with Crippen molar-refractivity contribution in [2.24, 2.45) is 0 Å². The number of rotatable bonds is 2. The molecular formula is C5H12N2O4S. The van der Waals surface area contributed by atoms with Crippen molar-refractivity contribution in [2.45, 2.75) is 12.2 Å². The molecule has 1 heterocycles. The van der Waals surface area contributed by atoms with Gasteiger partial charge in [0.2, 0.25) is 0 Å². The second-order valence-corrected chi connectivity index (χ2v) is 4.54. The van der Waals surface area contributed by atoms with Crippen molar-refractivity contribution >= 4 is 10.2 Å². The van der Waals surface area contributed by atoms with Crippen LogP contribution in [0.3, 0.4) is 0 Å². The molecule has 1 saturated heterocycles. The summed E-state index contributed by atoms with van der Waals surface area (Å²) in [5.41, 5.74) is 0. The van der Waals surface area contributed by atoms with Crippen LogP contribution in [0.15, 0.2) is 0 Å². The molecule has 1 fully saturated rings.